The molecule has 0 bridgehead atoms. The molecule has 22 heavy (non-hydrogen) atoms. The van der Waals surface area contributed by atoms with Crippen LogP contribution < -0.4 is 0 Å². The van der Waals surface area contributed by atoms with Gasteiger partial charge < -0.3 is 10.2 Å². The molecule has 0 aromatic heterocycles. The number of phenolic OH excluding ortho intramolecular Hbond substituents is 2. The molecule has 0 unspecified atom stereocenters. The average Bonchev–Trinajstić information content (AvgIpc) is 2.43. The molecule has 2 fully saturated rings. The lowest BCUT2D eigenvalue weighted by molar-refractivity contribution is -0.0657. The second kappa shape index (κ2) is 4.43. The van der Waals surface area contributed by atoms with Gasteiger partial charge in [0.15, 0.2) is 11.5 Å². The summed E-state index contributed by atoms with van der Waals surface area (Å²) in [5.74, 6) is 2.21. The number of hydrogen-bond acceptors (Lipinski definition) is 2. The van der Waals surface area contributed by atoms with Crippen LogP contribution in [0.25, 0.3) is 0 Å². The smallest absolute Gasteiger partial charge is 0.157 e. The lowest BCUT2D eigenvalue weighted by atomic mass is 9.44. The molecule has 2 nitrogen and oxygen atoms in total. The lowest BCUT2D eigenvalue weighted by Gasteiger charge is -2.60. The Kier molecular flexibility index (Phi) is 2.90. The first-order valence-electron chi connectivity index (χ1n) is 8.87. The summed E-state index contributed by atoms with van der Waals surface area (Å²) in [6.45, 7) is 7.40. The molecule has 0 saturated heterocycles. The van der Waals surface area contributed by atoms with E-state index in [2.05, 4.69) is 20.8 Å². The molecule has 0 heterocycles. The third kappa shape index (κ3) is 1.85. The largest absolute Gasteiger partial charge is 0.504 e. The molecular formula is C20H28O2. The van der Waals surface area contributed by atoms with E-state index in [9.17, 15) is 10.2 Å². The van der Waals surface area contributed by atoms with Gasteiger partial charge in [-0.3, -0.25) is 0 Å². The predicted molar refractivity (Wildman–Crippen MR) is 88.2 cm³/mol. The maximum atomic E-state index is 9.99. The van der Waals surface area contributed by atoms with Crippen molar-refractivity contribution < 1.29 is 10.2 Å². The molecule has 120 valence electrons. The van der Waals surface area contributed by atoms with Gasteiger partial charge in [0.1, 0.15) is 0 Å². The molecule has 3 aliphatic rings. The molecule has 0 amide bonds. The highest BCUT2D eigenvalue weighted by Gasteiger charge is 2.55. The van der Waals surface area contributed by atoms with E-state index in [1.165, 1.54) is 43.2 Å². The number of fused-ring (bicyclic) bond motifs is 2. The summed E-state index contributed by atoms with van der Waals surface area (Å²) in [5.41, 5.74) is 3.40. The molecule has 2 heteroatoms. The Morgan fingerprint density at radius 3 is 2.50 bits per heavy atom. The van der Waals surface area contributed by atoms with Crippen molar-refractivity contribution in [3.63, 3.8) is 0 Å². The summed E-state index contributed by atoms with van der Waals surface area (Å²) < 4.78 is 0. The Morgan fingerprint density at radius 2 is 1.73 bits per heavy atom. The highest BCUT2D eigenvalue weighted by molar-refractivity contribution is 5.49. The highest BCUT2D eigenvalue weighted by atomic mass is 16.3. The zero-order valence-corrected chi connectivity index (χ0v) is 14.0. The molecule has 0 spiro atoms. The summed E-state index contributed by atoms with van der Waals surface area (Å²) >= 11 is 0. The molecule has 0 aliphatic heterocycles. The standard InChI is InChI=1S/C20H28O2/c1-19(2)8-6-13-14-10-17(22)16(21)9-12(14)11-20(3)7-4-5-15(19)18(13)20/h9-10,13,15,18,21-22H,4-8,11H2,1-3H3/t13-,15-,18+,20+/m1/s1. The minimum absolute atomic E-state index is 0.0456. The van der Waals surface area contributed by atoms with Gasteiger partial charge in [-0.15, -0.1) is 0 Å². The van der Waals surface area contributed by atoms with E-state index in [1.807, 2.05) is 12.1 Å². The topological polar surface area (TPSA) is 40.5 Å². The number of benzene rings is 1. The van der Waals surface area contributed by atoms with Gasteiger partial charge in [0.05, 0.1) is 0 Å². The van der Waals surface area contributed by atoms with Crippen LogP contribution in [0.3, 0.4) is 0 Å². The van der Waals surface area contributed by atoms with Crippen LogP contribution in [0.2, 0.25) is 0 Å². The Morgan fingerprint density at radius 1 is 1.00 bits per heavy atom. The van der Waals surface area contributed by atoms with Crippen molar-refractivity contribution in [2.45, 2.75) is 65.2 Å². The maximum absolute atomic E-state index is 9.99. The van der Waals surface area contributed by atoms with Gasteiger partial charge in [-0.25, -0.2) is 0 Å². The van der Waals surface area contributed by atoms with Crippen molar-refractivity contribution in [3.05, 3.63) is 23.3 Å². The Bertz CT molecular complexity index is 618. The zero-order valence-electron chi connectivity index (χ0n) is 14.0. The van der Waals surface area contributed by atoms with Crippen LogP contribution in [-0.4, -0.2) is 10.2 Å². The van der Waals surface area contributed by atoms with Crippen molar-refractivity contribution >= 4 is 0 Å². The van der Waals surface area contributed by atoms with Gasteiger partial charge in [-0.2, -0.15) is 0 Å². The molecule has 4 atom stereocenters. The third-order valence-electron chi connectivity index (χ3n) is 7.27. The first kappa shape index (κ1) is 14.4. The zero-order chi connectivity index (χ0) is 15.7. The van der Waals surface area contributed by atoms with Crippen LogP contribution in [0.15, 0.2) is 12.1 Å². The Labute approximate surface area is 133 Å². The molecule has 2 saturated carbocycles. The van der Waals surface area contributed by atoms with Gasteiger partial charge in [0, 0.05) is 0 Å². The fraction of sp³-hybridized carbons (Fsp3) is 0.700. The van der Waals surface area contributed by atoms with E-state index in [1.54, 1.807) is 0 Å². The van der Waals surface area contributed by atoms with Crippen LogP contribution in [-0.2, 0) is 6.42 Å². The molecular weight excluding hydrogens is 272 g/mol. The van der Waals surface area contributed by atoms with E-state index in [4.69, 9.17) is 0 Å². The van der Waals surface area contributed by atoms with Crippen molar-refractivity contribution in [1.29, 1.82) is 0 Å². The second-order valence-corrected chi connectivity index (χ2v) is 9.03. The predicted octanol–water partition coefficient (Wildman–Crippen LogP) is 4.98. The summed E-state index contributed by atoms with van der Waals surface area (Å²) in [4.78, 5) is 0. The Balaban J connectivity index is 1.87. The van der Waals surface area contributed by atoms with Crippen LogP contribution in [0.5, 0.6) is 11.5 Å². The molecule has 1 aromatic rings. The number of aromatic hydroxyl groups is 2. The fourth-order valence-corrected chi connectivity index (χ4v) is 6.22. The normalized spacial score (nSPS) is 39.0. The third-order valence-corrected chi connectivity index (χ3v) is 7.27. The molecule has 4 rings (SSSR count). The summed E-state index contributed by atoms with van der Waals surface area (Å²) in [7, 11) is 0. The minimum atomic E-state index is 0.0456. The van der Waals surface area contributed by atoms with Crippen molar-refractivity contribution in [2.24, 2.45) is 22.7 Å². The van der Waals surface area contributed by atoms with E-state index in [-0.39, 0.29) is 11.5 Å². The number of hydrogen-bond donors (Lipinski definition) is 2. The lowest BCUT2D eigenvalue weighted by Crippen LogP contribution is -2.52. The molecule has 1 aromatic carbocycles. The quantitative estimate of drug-likeness (QED) is 0.663. The van der Waals surface area contributed by atoms with Crippen molar-refractivity contribution in [1.82, 2.24) is 0 Å². The van der Waals surface area contributed by atoms with Crippen LogP contribution in [0, 0.1) is 22.7 Å². The van der Waals surface area contributed by atoms with E-state index in [0.717, 1.165) is 18.3 Å². The van der Waals surface area contributed by atoms with Gasteiger partial charge in [-0.1, -0.05) is 27.2 Å². The monoisotopic (exact) mass is 300 g/mol. The fourth-order valence-electron chi connectivity index (χ4n) is 6.22. The maximum Gasteiger partial charge on any atom is 0.157 e. The minimum Gasteiger partial charge on any atom is -0.504 e. The average molecular weight is 300 g/mol. The summed E-state index contributed by atoms with van der Waals surface area (Å²) in [5, 5.41) is 19.9. The Hall–Kier alpha value is -1.18. The van der Waals surface area contributed by atoms with Crippen LogP contribution in [0.1, 0.15) is 69.9 Å². The van der Waals surface area contributed by atoms with Crippen LogP contribution in [0.4, 0.5) is 0 Å². The van der Waals surface area contributed by atoms with E-state index in [0.29, 0.717) is 16.7 Å². The summed E-state index contributed by atoms with van der Waals surface area (Å²) in [6.07, 6.45) is 7.57. The van der Waals surface area contributed by atoms with Gasteiger partial charge in [0.2, 0.25) is 0 Å². The van der Waals surface area contributed by atoms with Crippen LogP contribution >= 0.6 is 0 Å². The molecule has 0 radical (unpaired) electrons. The number of phenols is 2. The highest BCUT2D eigenvalue weighted by Crippen LogP contribution is 2.65. The molecule has 3 aliphatic carbocycles. The van der Waals surface area contributed by atoms with Crippen molar-refractivity contribution in [3.8, 4) is 11.5 Å². The van der Waals surface area contributed by atoms with E-state index < -0.39 is 0 Å². The first-order chi connectivity index (χ1) is 10.3. The molecule has 2 N–H and O–H groups in total. The van der Waals surface area contributed by atoms with Gasteiger partial charge >= 0.3 is 0 Å². The summed E-state index contributed by atoms with van der Waals surface area (Å²) in [6, 6.07) is 3.69. The van der Waals surface area contributed by atoms with Gasteiger partial charge in [0.25, 0.3) is 0 Å². The van der Waals surface area contributed by atoms with E-state index >= 15 is 0 Å². The second-order valence-electron chi connectivity index (χ2n) is 9.03. The van der Waals surface area contributed by atoms with Crippen molar-refractivity contribution in [2.75, 3.05) is 0 Å². The van der Waals surface area contributed by atoms with Gasteiger partial charge in [-0.05, 0) is 83.9 Å². The SMILES string of the molecule is CC1(C)CC[C@@H]2c3cc(O)c(O)cc3C[C@]3(C)CCC[C@@H]1[C@H]23. The number of rotatable bonds is 0. The first-order valence-corrected chi connectivity index (χ1v) is 8.87.